The summed E-state index contributed by atoms with van der Waals surface area (Å²) in [4.78, 5) is 10.9. The summed E-state index contributed by atoms with van der Waals surface area (Å²) in [6, 6.07) is -0.706. The number of unbranched alkanes of at least 4 members (excludes halogenated alkanes) is 1. The minimum absolute atomic E-state index is 0.100. The predicted molar refractivity (Wildman–Crippen MR) is 57.3 cm³/mol. The van der Waals surface area contributed by atoms with Gasteiger partial charge in [-0.3, -0.25) is 0 Å². The molecule has 5 nitrogen and oxygen atoms in total. The Kier molecular flexibility index (Phi) is 4.73. The minimum atomic E-state index is -2.93. The fourth-order valence-corrected chi connectivity index (χ4v) is 3.78. The number of carbonyl (C=O) groups excluding carboxylic acids is 1. The minimum Gasteiger partial charge on any atom is -0.544 e. The van der Waals surface area contributed by atoms with Crippen LogP contribution in [-0.2, 0) is 14.6 Å². The highest BCUT2D eigenvalue weighted by atomic mass is 32.2. The lowest BCUT2D eigenvalue weighted by molar-refractivity contribution is -0.711. The Morgan fingerprint density at radius 2 is 2.25 bits per heavy atom. The lowest BCUT2D eigenvalue weighted by atomic mass is 10.1. The summed E-state index contributed by atoms with van der Waals surface area (Å²) in [5, 5.41) is 12.5. The van der Waals surface area contributed by atoms with Gasteiger partial charge in [-0.25, -0.2) is 8.42 Å². The van der Waals surface area contributed by atoms with Crippen LogP contribution in [-0.4, -0.2) is 38.0 Å². The van der Waals surface area contributed by atoms with Crippen molar-refractivity contribution in [2.45, 2.75) is 44.7 Å². The van der Waals surface area contributed by atoms with Crippen LogP contribution in [0, 0.1) is 0 Å². The van der Waals surface area contributed by atoms with Crippen molar-refractivity contribution in [2.24, 2.45) is 0 Å². The standard InChI is InChI=1S/C10H19NO4S/c1-2-3-4-9(10(12)13)11-8-5-6-16(14,15)7-8/h8-9,11H,2-7H2,1H3,(H,12,13)/t8-,9-/m1/s1. The molecule has 0 aromatic heterocycles. The van der Waals surface area contributed by atoms with E-state index in [4.69, 9.17) is 0 Å². The van der Waals surface area contributed by atoms with Crippen LogP contribution in [0.1, 0.15) is 32.6 Å². The molecule has 1 saturated heterocycles. The van der Waals surface area contributed by atoms with Crippen molar-refractivity contribution < 1.29 is 23.6 Å². The fourth-order valence-electron chi connectivity index (χ4n) is 2.02. The van der Waals surface area contributed by atoms with Crippen molar-refractivity contribution in [3.05, 3.63) is 0 Å². The highest BCUT2D eigenvalue weighted by Crippen LogP contribution is 2.08. The summed E-state index contributed by atoms with van der Waals surface area (Å²) in [5.74, 6) is -0.803. The molecule has 1 rings (SSSR count). The Morgan fingerprint density at radius 3 is 2.69 bits per heavy atom. The van der Waals surface area contributed by atoms with Gasteiger partial charge in [0.05, 0.1) is 11.7 Å². The van der Waals surface area contributed by atoms with Gasteiger partial charge in [0, 0.05) is 12.8 Å². The van der Waals surface area contributed by atoms with Crippen LogP contribution in [0.25, 0.3) is 0 Å². The van der Waals surface area contributed by atoms with E-state index in [-0.39, 0.29) is 17.5 Å². The Labute approximate surface area is 96.1 Å². The number of carboxylic acid groups (broad SMARTS) is 1. The van der Waals surface area contributed by atoms with Gasteiger partial charge in [-0.2, -0.15) is 0 Å². The second-order valence-corrected chi connectivity index (χ2v) is 6.65. The first-order chi connectivity index (χ1) is 7.44. The van der Waals surface area contributed by atoms with E-state index in [2.05, 4.69) is 0 Å². The number of aliphatic carboxylic acids is 1. The summed E-state index contributed by atoms with van der Waals surface area (Å²) >= 11 is 0. The normalized spacial score (nSPS) is 25.4. The van der Waals surface area contributed by atoms with Crippen molar-refractivity contribution >= 4 is 15.8 Å². The fraction of sp³-hybridized carbons (Fsp3) is 0.900. The summed E-state index contributed by atoms with van der Waals surface area (Å²) in [6.07, 6.45) is 2.86. The first kappa shape index (κ1) is 13.4. The van der Waals surface area contributed by atoms with Crippen LogP contribution >= 0.6 is 0 Å². The molecule has 16 heavy (non-hydrogen) atoms. The molecule has 0 spiro atoms. The predicted octanol–water partition coefficient (Wildman–Crippen LogP) is -1.95. The van der Waals surface area contributed by atoms with Crippen LogP contribution in [0.2, 0.25) is 0 Å². The van der Waals surface area contributed by atoms with Gasteiger partial charge in [0.25, 0.3) is 0 Å². The largest absolute Gasteiger partial charge is 0.544 e. The highest BCUT2D eigenvalue weighted by molar-refractivity contribution is 7.91. The third kappa shape index (κ3) is 4.09. The monoisotopic (exact) mass is 249 g/mol. The molecule has 0 bridgehead atoms. The SMILES string of the molecule is CCCC[C@@H]([NH2+][C@@H]1CCS(=O)(=O)C1)C(=O)[O-]. The second kappa shape index (κ2) is 5.63. The highest BCUT2D eigenvalue weighted by Gasteiger charge is 2.32. The number of sulfone groups is 1. The molecule has 1 fully saturated rings. The van der Waals surface area contributed by atoms with Crippen LogP contribution in [0.5, 0.6) is 0 Å². The van der Waals surface area contributed by atoms with Crippen molar-refractivity contribution in [1.29, 1.82) is 0 Å². The maximum atomic E-state index is 11.2. The molecule has 1 aliphatic rings. The van der Waals surface area contributed by atoms with E-state index in [0.717, 1.165) is 12.8 Å². The number of carbonyl (C=O) groups is 1. The molecule has 0 aromatic carbocycles. The van der Waals surface area contributed by atoms with Gasteiger partial charge < -0.3 is 15.2 Å². The van der Waals surface area contributed by atoms with E-state index in [1.165, 1.54) is 0 Å². The maximum absolute atomic E-state index is 11.2. The quantitative estimate of drug-likeness (QED) is 0.592. The zero-order valence-electron chi connectivity index (χ0n) is 9.52. The van der Waals surface area contributed by atoms with E-state index in [1.54, 1.807) is 5.32 Å². The molecule has 0 saturated carbocycles. The molecular weight excluding hydrogens is 230 g/mol. The molecule has 0 aromatic rings. The van der Waals surface area contributed by atoms with Crippen LogP contribution in [0.3, 0.4) is 0 Å². The second-order valence-electron chi connectivity index (χ2n) is 4.42. The third-order valence-corrected chi connectivity index (χ3v) is 4.74. The molecule has 1 heterocycles. The van der Waals surface area contributed by atoms with E-state index in [9.17, 15) is 18.3 Å². The third-order valence-electron chi connectivity index (χ3n) is 2.94. The van der Waals surface area contributed by atoms with Gasteiger partial charge in [0.2, 0.25) is 0 Å². The smallest absolute Gasteiger partial charge is 0.156 e. The number of hydrogen-bond acceptors (Lipinski definition) is 4. The van der Waals surface area contributed by atoms with Gasteiger partial charge in [0.1, 0.15) is 17.8 Å². The summed E-state index contributed by atoms with van der Waals surface area (Å²) < 4.78 is 22.4. The van der Waals surface area contributed by atoms with Gasteiger partial charge in [-0.05, 0) is 6.42 Å². The topological polar surface area (TPSA) is 90.9 Å². The summed E-state index contributed by atoms with van der Waals surface area (Å²) in [5.41, 5.74) is 0. The number of hydrogen-bond donors (Lipinski definition) is 1. The van der Waals surface area contributed by atoms with Crippen molar-refractivity contribution in [1.82, 2.24) is 0 Å². The first-order valence-electron chi connectivity index (χ1n) is 5.71. The van der Waals surface area contributed by atoms with Gasteiger partial charge >= 0.3 is 0 Å². The lowest BCUT2D eigenvalue weighted by Gasteiger charge is -2.19. The molecule has 0 aliphatic carbocycles. The number of nitrogens with two attached hydrogens (primary N) is 1. The Hall–Kier alpha value is -0.620. The molecule has 0 radical (unpaired) electrons. The van der Waals surface area contributed by atoms with E-state index < -0.39 is 21.8 Å². The number of rotatable bonds is 6. The molecule has 6 heteroatoms. The zero-order valence-corrected chi connectivity index (χ0v) is 10.3. The summed E-state index contributed by atoms with van der Waals surface area (Å²) in [7, 11) is -2.93. The van der Waals surface area contributed by atoms with Gasteiger partial charge in [0.15, 0.2) is 9.84 Å². The van der Waals surface area contributed by atoms with E-state index in [0.29, 0.717) is 12.8 Å². The average Bonchev–Trinajstić information content (AvgIpc) is 2.52. The molecule has 2 atom stereocenters. The lowest BCUT2D eigenvalue weighted by Crippen LogP contribution is -2.97. The van der Waals surface area contributed by atoms with E-state index in [1.807, 2.05) is 6.92 Å². The molecular formula is C10H19NO4S. The zero-order chi connectivity index (χ0) is 12.2. The van der Waals surface area contributed by atoms with Crippen LogP contribution in [0.15, 0.2) is 0 Å². The Bertz CT molecular complexity index is 339. The van der Waals surface area contributed by atoms with Gasteiger partial charge in [-0.1, -0.05) is 13.3 Å². The number of carboxylic acids is 1. The Balaban J connectivity index is 2.46. The van der Waals surface area contributed by atoms with Crippen molar-refractivity contribution in [2.75, 3.05) is 11.5 Å². The summed E-state index contributed by atoms with van der Waals surface area (Å²) in [6.45, 7) is 1.99. The van der Waals surface area contributed by atoms with Crippen LogP contribution < -0.4 is 10.4 Å². The van der Waals surface area contributed by atoms with Crippen molar-refractivity contribution in [3.63, 3.8) is 0 Å². The Morgan fingerprint density at radius 1 is 1.56 bits per heavy atom. The molecule has 0 unspecified atom stereocenters. The number of quaternary nitrogens is 1. The maximum Gasteiger partial charge on any atom is 0.156 e. The van der Waals surface area contributed by atoms with Crippen LogP contribution in [0.4, 0.5) is 0 Å². The van der Waals surface area contributed by atoms with Gasteiger partial charge in [-0.15, -0.1) is 0 Å². The molecule has 94 valence electrons. The first-order valence-corrected chi connectivity index (χ1v) is 7.53. The average molecular weight is 249 g/mol. The van der Waals surface area contributed by atoms with Crippen molar-refractivity contribution in [3.8, 4) is 0 Å². The van der Waals surface area contributed by atoms with E-state index >= 15 is 0 Å². The molecule has 1 aliphatic heterocycles. The molecule has 0 amide bonds. The molecule has 2 N–H and O–H groups in total.